The van der Waals surface area contributed by atoms with Crippen molar-refractivity contribution >= 4 is 22.0 Å². The number of nitrogens with zero attached hydrogens (tertiary/aromatic N) is 1. The predicted molar refractivity (Wildman–Crippen MR) is 110 cm³/mol. The number of sulfonamides is 1. The SMILES string of the molecule is CC(C)(C)OC(=O)COC(=O)C1CCN(S(=O)(=O)c2ccc3c(c2)OCCCO3)CC1. The summed E-state index contributed by atoms with van der Waals surface area (Å²) < 4.78 is 48.7. The first-order valence-corrected chi connectivity index (χ1v) is 11.8. The van der Waals surface area contributed by atoms with Crippen molar-refractivity contribution in [3.8, 4) is 11.5 Å². The molecule has 0 saturated carbocycles. The molecule has 2 aliphatic rings. The molecule has 31 heavy (non-hydrogen) atoms. The number of hydrogen-bond donors (Lipinski definition) is 0. The molecule has 0 amide bonds. The van der Waals surface area contributed by atoms with Crippen LogP contribution < -0.4 is 9.47 Å². The summed E-state index contributed by atoms with van der Waals surface area (Å²) in [7, 11) is -3.73. The number of benzene rings is 1. The van der Waals surface area contributed by atoms with Gasteiger partial charge in [-0.05, 0) is 45.7 Å². The highest BCUT2D eigenvalue weighted by molar-refractivity contribution is 7.89. The molecular formula is C21H29NO8S. The van der Waals surface area contributed by atoms with Gasteiger partial charge in [-0.3, -0.25) is 4.79 Å². The first-order valence-electron chi connectivity index (χ1n) is 10.3. The second kappa shape index (κ2) is 9.44. The van der Waals surface area contributed by atoms with Crippen molar-refractivity contribution in [3.05, 3.63) is 18.2 Å². The molecule has 172 valence electrons. The van der Waals surface area contributed by atoms with Gasteiger partial charge in [-0.25, -0.2) is 13.2 Å². The summed E-state index contributed by atoms with van der Waals surface area (Å²) in [5, 5.41) is 0. The lowest BCUT2D eigenvalue weighted by Crippen LogP contribution is -2.41. The molecule has 2 heterocycles. The standard InChI is InChI=1S/C21H29NO8S/c1-21(2,3)30-19(23)14-29-20(24)15-7-9-22(10-8-15)31(25,26)16-5-6-17-18(13-16)28-12-4-11-27-17/h5-6,13,15H,4,7-12,14H2,1-3H3. The van der Waals surface area contributed by atoms with Gasteiger partial charge < -0.3 is 18.9 Å². The lowest BCUT2D eigenvalue weighted by molar-refractivity contribution is -0.168. The highest BCUT2D eigenvalue weighted by Gasteiger charge is 2.33. The fourth-order valence-corrected chi connectivity index (χ4v) is 4.89. The number of hydrogen-bond acceptors (Lipinski definition) is 8. The molecular weight excluding hydrogens is 426 g/mol. The summed E-state index contributed by atoms with van der Waals surface area (Å²) in [4.78, 5) is 24.1. The van der Waals surface area contributed by atoms with Crippen molar-refractivity contribution in [2.75, 3.05) is 32.9 Å². The van der Waals surface area contributed by atoms with Gasteiger partial charge in [0.05, 0.1) is 24.0 Å². The van der Waals surface area contributed by atoms with Crippen LogP contribution in [-0.2, 0) is 29.1 Å². The minimum Gasteiger partial charge on any atom is -0.490 e. The van der Waals surface area contributed by atoms with Crippen LogP contribution in [0.4, 0.5) is 0 Å². The summed E-state index contributed by atoms with van der Waals surface area (Å²) in [5.74, 6) is -0.645. The fraction of sp³-hybridized carbons (Fsp3) is 0.619. The molecule has 0 N–H and O–H groups in total. The van der Waals surface area contributed by atoms with E-state index >= 15 is 0 Å². The summed E-state index contributed by atoms with van der Waals surface area (Å²) in [6.45, 7) is 6.09. The van der Waals surface area contributed by atoms with Crippen LogP contribution in [0.15, 0.2) is 23.1 Å². The van der Waals surface area contributed by atoms with Crippen LogP contribution in [0, 0.1) is 5.92 Å². The maximum atomic E-state index is 13.0. The van der Waals surface area contributed by atoms with Crippen LogP contribution in [0.3, 0.4) is 0 Å². The van der Waals surface area contributed by atoms with Gasteiger partial charge in [-0.1, -0.05) is 0 Å². The number of carbonyl (C=O) groups is 2. The van der Waals surface area contributed by atoms with Gasteiger partial charge in [-0.2, -0.15) is 4.31 Å². The molecule has 0 aliphatic carbocycles. The minimum atomic E-state index is -3.73. The van der Waals surface area contributed by atoms with E-state index in [0.29, 0.717) is 37.6 Å². The highest BCUT2D eigenvalue weighted by atomic mass is 32.2. The number of esters is 2. The molecule has 0 unspecified atom stereocenters. The molecule has 9 nitrogen and oxygen atoms in total. The molecule has 1 saturated heterocycles. The van der Waals surface area contributed by atoms with Crippen molar-refractivity contribution in [1.29, 1.82) is 0 Å². The molecule has 0 radical (unpaired) electrons. The van der Waals surface area contributed by atoms with E-state index in [-0.39, 0.29) is 18.0 Å². The molecule has 1 fully saturated rings. The Balaban J connectivity index is 1.55. The number of carbonyl (C=O) groups excluding carboxylic acids is 2. The Morgan fingerprint density at radius 2 is 1.74 bits per heavy atom. The topological polar surface area (TPSA) is 108 Å². The average Bonchev–Trinajstić information content (AvgIpc) is 2.95. The van der Waals surface area contributed by atoms with E-state index in [1.54, 1.807) is 26.8 Å². The maximum absolute atomic E-state index is 13.0. The van der Waals surface area contributed by atoms with Gasteiger partial charge in [0.2, 0.25) is 10.0 Å². The summed E-state index contributed by atoms with van der Waals surface area (Å²) >= 11 is 0. The lowest BCUT2D eigenvalue weighted by atomic mass is 9.98. The van der Waals surface area contributed by atoms with Crippen LogP contribution in [0.1, 0.15) is 40.0 Å². The highest BCUT2D eigenvalue weighted by Crippen LogP contribution is 2.33. The molecule has 0 bridgehead atoms. The molecule has 2 aliphatic heterocycles. The average molecular weight is 456 g/mol. The molecule has 10 heteroatoms. The molecule has 0 aromatic heterocycles. The van der Waals surface area contributed by atoms with Gasteiger partial charge >= 0.3 is 11.9 Å². The van der Waals surface area contributed by atoms with Crippen molar-refractivity contribution in [2.24, 2.45) is 5.92 Å². The van der Waals surface area contributed by atoms with Gasteiger partial charge in [-0.15, -0.1) is 0 Å². The Morgan fingerprint density at radius 3 is 2.39 bits per heavy atom. The van der Waals surface area contributed by atoms with Crippen LogP contribution in [0.25, 0.3) is 0 Å². The van der Waals surface area contributed by atoms with E-state index in [2.05, 4.69) is 0 Å². The Labute approximate surface area is 182 Å². The second-order valence-corrected chi connectivity index (χ2v) is 10.5. The number of fused-ring (bicyclic) bond motifs is 1. The van der Waals surface area contributed by atoms with Gasteiger partial charge in [0.25, 0.3) is 0 Å². The van der Waals surface area contributed by atoms with E-state index in [1.165, 1.54) is 16.4 Å². The number of ether oxygens (including phenoxy) is 4. The third-order valence-corrected chi connectivity index (χ3v) is 6.79. The first kappa shape index (κ1) is 23.3. The minimum absolute atomic E-state index is 0.128. The zero-order valence-corrected chi connectivity index (χ0v) is 18.9. The fourth-order valence-electron chi connectivity index (χ4n) is 3.40. The van der Waals surface area contributed by atoms with Crippen LogP contribution in [0.2, 0.25) is 0 Å². The smallest absolute Gasteiger partial charge is 0.344 e. The molecule has 1 aromatic carbocycles. The summed E-state index contributed by atoms with van der Waals surface area (Å²) in [6, 6.07) is 4.59. The molecule has 0 spiro atoms. The van der Waals surface area contributed by atoms with Gasteiger partial charge in [0.1, 0.15) is 5.60 Å². The van der Waals surface area contributed by atoms with Gasteiger partial charge in [0.15, 0.2) is 18.1 Å². The molecule has 1 aromatic rings. The zero-order valence-electron chi connectivity index (χ0n) is 18.1. The van der Waals surface area contributed by atoms with Crippen LogP contribution in [-0.4, -0.2) is 63.2 Å². The van der Waals surface area contributed by atoms with E-state index in [4.69, 9.17) is 18.9 Å². The predicted octanol–water partition coefficient (Wildman–Crippen LogP) is 2.13. The van der Waals surface area contributed by atoms with Crippen LogP contribution in [0.5, 0.6) is 11.5 Å². The molecule has 3 rings (SSSR count). The van der Waals surface area contributed by atoms with Crippen molar-refractivity contribution in [2.45, 2.75) is 50.5 Å². The zero-order chi connectivity index (χ0) is 22.6. The lowest BCUT2D eigenvalue weighted by Gasteiger charge is -2.30. The monoisotopic (exact) mass is 455 g/mol. The largest absolute Gasteiger partial charge is 0.490 e. The normalized spacial score (nSPS) is 18.2. The third kappa shape index (κ3) is 6.10. The Kier molecular flexibility index (Phi) is 7.10. The van der Waals surface area contributed by atoms with Crippen molar-refractivity contribution in [3.63, 3.8) is 0 Å². The number of rotatable bonds is 5. The van der Waals surface area contributed by atoms with E-state index in [0.717, 1.165) is 6.42 Å². The number of piperidine rings is 1. The Hall–Kier alpha value is -2.33. The van der Waals surface area contributed by atoms with Crippen molar-refractivity contribution < 1.29 is 37.0 Å². The first-order chi connectivity index (χ1) is 14.6. The maximum Gasteiger partial charge on any atom is 0.344 e. The van der Waals surface area contributed by atoms with Gasteiger partial charge in [0, 0.05) is 25.6 Å². The van der Waals surface area contributed by atoms with Crippen molar-refractivity contribution in [1.82, 2.24) is 4.31 Å². The quantitative estimate of drug-likeness (QED) is 0.622. The Morgan fingerprint density at radius 1 is 1.10 bits per heavy atom. The summed E-state index contributed by atoms with van der Waals surface area (Å²) in [6.07, 6.45) is 1.36. The summed E-state index contributed by atoms with van der Waals surface area (Å²) in [5.41, 5.74) is -0.657. The molecule has 0 atom stereocenters. The second-order valence-electron chi connectivity index (χ2n) is 8.53. The Bertz CT molecular complexity index is 914. The van der Waals surface area contributed by atoms with E-state index in [1.807, 2.05) is 0 Å². The third-order valence-electron chi connectivity index (χ3n) is 4.90. The van der Waals surface area contributed by atoms with Crippen LogP contribution >= 0.6 is 0 Å². The van der Waals surface area contributed by atoms with E-state index in [9.17, 15) is 18.0 Å². The van der Waals surface area contributed by atoms with E-state index < -0.39 is 40.1 Å².